The van der Waals surface area contributed by atoms with Crippen LogP contribution in [-0.2, 0) is 31.9 Å². The Hall–Kier alpha value is -3.40. The first-order valence-electron chi connectivity index (χ1n) is 10.3. The van der Waals surface area contributed by atoms with E-state index in [-0.39, 0.29) is 11.9 Å². The molecule has 4 heteroatoms. The van der Waals surface area contributed by atoms with Gasteiger partial charge in [0.1, 0.15) is 5.41 Å². The minimum atomic E-state index is -1.32. The molecule has 0 unspecified atom stereocenters. The third-order valence-corrected chi connectivity index (χ3v) is 6.57. The Bertz CT molecular complexity index is 1140. The standard InChI is InChI=1S/C26H23NO3/c1-3-25(20-15-13-18(2)14-16-20)24(29)30-26(25)21-11-7-8-12-22(21)27(23(26)28)17-19-9-5-4-6-10-19/h4-16H,3,17H2,1-2H3/t25-,26-/m1/s1. The molecule has 0 radical (unpaired) electrons. The van der Waals surface area contributed by atoms with Gasteiger partial charge in [0.15, 0.2) is 0 Å². The maximum atomic E-state index is 14.0. The van der Waals surface area contributed by atoms with Crippen molar-refractivity contribution in [1.29, 1.82) is 0 Å². The number of rotatable bonds is 4. The van der Waals surface area contributed by atoms with E-state index in [1.54, 1.807) is 4.90 Å². The summed E-state index contributed by atoms with van der Waals surface area (Å²) in [6, 6.07) is 25.4. The fourth-order valence-corrected chi connectivity index (χ4v) is 5.02. The van der Waals surface area contributed by atoms with E-state index in [1.807, 2.05) is 92.7 Å². The first kappa shape index (κ1) is 18.6. The molecular formula is C26H23NO3. The van der Waals surface area contributed by atoms with E-state index in [4.69, 9.17) is 4.74 Å². The smallest absolute Gasteiger partial charge is 0.323 e. The maximum absolute atomic E-state index is 14.0. The van der Waals surface area contributed by atoms with Gasteiger partial charge in [-0.15, -0.1) is 0 Å². The van der Waals surface area contributed by atoms with Gasteiger partial charge in [-0.2, -0.15) is 0 Å². The second-order valence-corrected chi connectivity index (χ2v) is 8.09. The molecule has 2 aliphatic heterocycles. The van der Waals surface area contributed by atoms with Gasteiger partial charge in [0.2, 0.25) is 5.60 Å². The second kappa shape index (κ2) is 6.56. The third-order valence-electron chi connectivity index (χ3n) is 6.57. The summed E-state index contributed by atoms with van der Waals surface area (Å²) >= 11 is 0. The highest BCUT2D eigenvalue weighted by molar-refractivity contribution is 6.16. The summed E-state index contributed by atoms with van der Waals surface area (Å²) in [5, 5.41) is 0. The molecular weight excluding hydrogens is 374 g/mol. The predicted molar refractivity (Wildman–Crippen MR) is 115 cm³/mol. The van der Waals surface area contributed by atoms with Gasteiger partial charge >= 0.3 is 5.97 Å². The highest BCUT2D eigenvalue weighted by atomic mass is 16.6. The Labute approximate surface area is 176 Å². The van der Waals surface area contributed by atoms with Crippen LogP contribution in [0.15, 0.2) is 78.9 Å². The molecule has 0 N–H and O–H groups in total. The molecule has 0 saturated carbocycles. The number of carbonyl (C=O) groups excluding carboxylic acids is 2. The number of hydrogen-bond acceptors (Lipinski definition) is 3. The highest BCUT2D eigenvalue weighted by Gasteiger charge is 2.77. The summed E-state index contributed by atoms with van der Waals surface area (Å²) in [6.45, 7) is 4.40. The number of ether oxygens (including phenoxy) is 1. The molecule has 30 heavy (non-hydrogen) atoms. The number of aryl methyl sites for hydroxylation is 1. The normalized spacial score (nSPS) is 24.5. The van der Waals surface area contributed by atoms with Crippen molar-refractivity contribution in [2.24, 2.45) is 0 Å². The molecule has 150 valence electrons. The zero-order chi connectivity index (χ0) is 20.9. The van der Waals surface area contributed by atoms with E-state index in [0.29, 0.717) is 13.0 Å². The Balaban J connectivity index is 1.68. The summed E-state index contributed by atoms with van der Waals surface area (Å²) in [5.41, 5.74) is 2.20. The number of para-hydroxylation sites is 1. The van der Waals surface area contributed by atoms with Gasteiger partial charge in [-0.25, -0.2) is 0 Å². The number of fused-ring (bicyclic) bond motifs is 2. The lowest BCUT2D eigenvalue weighted by Crippen LogP contribution is -2.70. The molecule has 3 aromatic carbocycles. The number of hydrogen-bond donors (Lipinski definition) is 0. The average Bonchev–Trinajstić information content (AvgIpc) is 3.01. The zero-order valence-electron chi connectivity index (χ0n) is 17.1. The van der Waals surface area contributed by atoms with Crippen molar-refractivity contribution in [3.8, 4) is 0 Å². The van der Waals surface area contributed by atoms with E-state index >= 15 is 0 Å². The number of amides is 1. The van der Waals surface area contributed by atoms with Crippen molar-refractivity contribution >= 4 is 17.6 Å². The van der Waals surface area contributed by atoms with Gasteiger partial charge in [-0.1, -0.05) is 85.3 Å². The summed E-state index contributed by atoms with van der Waals surface area (Å²) in [7, 11) is 0. The van der Waals surface area contributed by atoms with Gasteiger partial charge in [0, 0.05) is 5.56 Å². The lowest BCUT2D eigenvalue weighted by molar-refractivity contribution is -0.223. The number of carbonyl (C=O) groups is 2. The monoisotopic (exact) mass is 397 g/mol. The van der Waals surface area contributed by atoms with Crippen LogP contribution < -0.4 is 4.90 Å². The van der Waals surface area contributed by atoms with Crippen LogP contribution in [0.2, 0.25) is 0 Å². The molecule has 0 aliphatic carbocycles. The van der Waals surface area contributed by atoms with E-state index in [2.05, 4.69) is 0 Å². The quantitative estimate of drug-likeness (QED) is 0.603. The van der Waals surface area contributed by atoms with Gasteiger partial charge in [0.25, 0.3) is 5.91 Å². The van der Waals surface area contributed by atoms with Crippen molar-refractivity contribution in [2.75, 3.05) is 4.90 Å². The number of benzene rings is 3. The van der Waals surface area contributed by atoms with E-state index in [0.717, 1.165) is 27.9 Å². The minimum Gasteiger partial charge on any atom is -0.441 e. The van der Waals surface area contributed by atoms with Crippen LogP contribution in [0.1, 0.15) is 35.6 Å². The lowest BCUT2D eigenvalue weighted by Gasteiger charge is -2.53. The molecule has 3 aromatic rings. The van der Waals surface area contributed by atoms with Crippen molar-refractivity contribution < 1.29 is 14.3 Å². The summed E-state index contributed by atoms with van der Waals surface area (Å²) in [5.74, 6) is -0.506. The van der Waals surface area contributed by atoms with Crippen LogP contribution in [0, 0.1) is 6.92 Å². The third kappa shape index (κ3) is 2.22. The average molecular weight is 397 g/mol. The van der Waals surface area contributed by atoms with Crippen molar-refractivity contribution in [2.45, 2.75) is 37.8 Å². The van der Waals surface area contributed by atoms with Crippen molar-refractivity contribution in [1.82, 2.24) is 0 Å². The zero-order valence-corrected chi connectivity index (χ0v) is 17.1. The van der Waals surface area contributed by atoms with Gasteiger partial charge < -0.3 is 9.64 Å². The lowest BCUT2D eigenvalue weighted by atomic mass is 9.59. The van der Waals surface area contributed by atoms with Crippen molar-refractivity contribution in [3.05, 3.63) is 101 Å². The Morgan fingerprint density at radius 1 is 0.867 bits per heavy atom. The van der Waals surface area contributed by atoms with E-state index < -0.39 is 11.0 Å². The van der Waals surface area contributed by atoms with Crippen LogP contribution in [-0.4, -0.2) is 11.9 Å². The summed E-state index contributed by atoms with van der Waals surface area (Å²) < 4.78 is 5.86. The molecule has 2 atom stereocenters. The molecule has 1 saturated heterocycles. The summed E-state index contributed by atoms with van der Waals surface area (Å²) in [6.07, 6.45) is 0.480. The first-order chi connectivity index (χ1) is 14.5. The molecule has 4 nitrogen and oxygen atoms in total. The molecule has 5 rings (SSSR count). The Kier molecular flexibility index (Phi) is 4.07. The largest absolute Gasteiger partial charge is 0.441 e. The fraction of sp³-hybridized carbons (Fsp3) is 0.231. The molecule has 2 aliphatic rings. The van der Waals surface area contributed by atoms with Crippen LogP contribution >= 0.6 is 0 Å². The second-order valence-electron chi connectivity index (χ2n) is 8.09. The number of nitrogens with zero attached hydrogens (tertiary/aromatic N) is 1. The van der Waals surface area contributed by atoms with Gasteiger partial charge in [-0.05, 0) is 30.5 Å². The number of anilines is 1. The van der Waals surface area contributed by atoms with Crippen LogP contribution in [0.4, 0.5) is 5.69 Å². The Morgan fingerprint density at radius 3 is 2.20 bits per heavy atom. The molecule has 1 fully saturated rings. The fourth-order valence-electron chi connectivity index (χ4n) is 5.02. The predicted octanol–water partition coefficient (Wildman–Crippen LogP) is 4.64. The molecule has 1 spiro atoms. The molecule has 0 bridgehead atoms. The first-order valence-corrected chi connectivity index (χ1v) is 10.3. The van der Waals surface area contributed by atoms with E-state index in [1.165, 1.54) is 0 Å². The molecule has 1 amide bonds. The van der Waals surface area contributed by atoms with Crippen LogP contribution in [0.3, 0.4) is 0 Å². The van der Waals surface area contributed by atoms with Gasteiger partial charge in [0.05, 0.1) is 12.2 Å². The van der Waals surface area contributed by atoms with Crippen LogP contribution in [0.5, 0.6) is 0 Å². The van der Waals surface area contributed by atoms with Crippen LogP contribution in [0.25, 0.3) is 0 Å². The molecule has 0 aromatic heterocycles. The maximum Gasteiger partial charge on any atom is 0.323 e. The van der Waals surface area contributed by atoms with Crippen molar-refractivity contribution in [3.63, 3.8) is 0 Å². The molecule has 2 heterocycles. The Morgan fingerprint density at radius 2 is 1.53 bits per heavy atom. The minimum absolute atomic E-state index is 0.172. The topological polar surface area (TPSA) is 46.6 Å². The number of esters is 1. The SMILES string of the molecule is CC[C@@]1(c2ccc(C)cc2)C(=O)O[C@]12C(=O)N(Cc1ccccc1)c1ccccc12. The van der Waals surface area contributed by atoms with E-state index in [9.17, 15) is 9.59 Å². The van der Waals surface area contributed by atoms with Gasteiger partial charge in [-0.3, -0.25) is 9.59 Å². The highest BCUT2D eigenvalue weighted by Crippen LogP contribution is 2.62. The summed E-state index contributed by atoms with van der Waals surface area (Å²) in [4.78, 5) is 28.8.